The number of benzene rings is 2. The number of carbonyl (C=O) groups is 2. The summed E-state index contributed by atoms with van der Waals surface area (Å²) in [6, 6.07) is 10.3. The SMILES string of the molecule is COc1ccc(C2=NO[C@H]3C(=O)N(c4cccc([N+](=O)[O-])c4)C(=O)[C@H]23)c(OC)c1. The molecule has 1 fully saturated rings. The largest absolute Gasteiger partial charge is 0.497 e. The van der Waals surface area contributed by atoms with E-state index in [4.69, 9.17) is 14.3 Å². The fraction of sp³-hybridized carbons (Fsp3) is 0.211. The van der Waals surface area contributed by atoms with Crippen molar-refractivity contribution in [2.24, 2.45) is 11.1 Å². The van der Waals surface area contributed by atoms with E-state index in [1.54, 1.807) is 18.2 Å². The number of fused-ring (bicyclic) bond motifs is 1. The number of hydrogen-bond acceptors (Lipinski definition) is 8. The van der Waals surface area contributed by atoms with Gasteiger partial charge in [0, 0.05) is 23.8 Å². The van der Waals surface area contributed by atoms with Crippen LogP contribution in [0.2, 0.25) is 0 Å². The Hall–Kier alpha value is -3.95. The third-order valence-electron chi connectivity index (χ3n) is 4.80. The molecule has 0 aromatic heterocycles. The maximum Gasteiger partial charge on any atom is 0.278 e. The number of hydrogen-bond donors (Lipinski definition) is 0. The molecule has 0 aliphatic carbocycles. The lowest BCUT2D eigenvalue weighted by Crippen LogP contribution is -2.33. The van der Waals surface area contributed by atoms with Crippen LogP contribution in [-0.2, 0) is 14.4 Å². The average Bonchev–Trinajstić information content (AvgIpc) is 3.27. The van der Waals surface area contributed by atoms with Crippen LogP contribution in [0.3, 0.4) is 0 Å². The minimum Gasteiger partial charge on any atom is -0.497 e. The number of amides is 2. The first-order valence-electron chi connectivity index (χ1n) is 8.54. The molecule has 2 aliphatic rings. The summed E-state index contributed by atoms with van der Waals surface area (Å²) >= 11 is 0. The highest BCUT2D eigenvalue weighted by Gasteiger charge is 2.56. The Labute approximate surface area is 164 Å². The van der Waals surface area contributed by atoms with Gasteiger partial charge in [-0.15, -0.1) is 0 Å². The Morgan fingerprint density at radius 3 is 2.59 bits per heavy atom. The normalized spacial score (nSPS) is 20.2. The molecular weight excluding hydrogens is 382 g/mol. The summed E-state index contributed by atoms with van der Waals surface area (Å²) in [6.07, 6.45) is -1.14. The van der Waals surface area contributed by atoms with Gasteiger partial charge in [0.2, 0.25) is 12.0 Å². The number of nitro groups is 1. The summed E-state index contributed by atoms with van der Waals surface area (Å²) < 4.78 is 10.5. The number of oxime groups is 1. The van der Waals surface area contributed by atoms with Crippen LogP contribution in [-0.4, -0.2) is 42.8 Å². The number of methoxy groups -OCH3 is 2. The second-order valence-corrected chi connectivity index (χ2v) is 6.34. The molecule has 1 saturated heterocycles. The Bertz CT molecular complexity index is 1070. The van der Waals surface area contributed by atoms with Crippen LogP contribution in [0.1, 0.15) is 5.56 Å². The number of non-ortho nitro benzene ring substituents is 1. The molecule has 10 heteroatoms. The van der Waals surface area contributed by atoms with E-state index in [1.165, 1.54) is 38.5 Å². The van der Waals surface area contributed by atoms with Crippen LogP contribution in [0, 0.1) is 16.0 Å². The van der Waals surface area contributed by atoms with E-state index in [1.807, 2.05) is 0 Å². The Morgan fingerprint density at radius 1 is 1.10 bits per heavy atom. The van der Waals surface area contributed by atoms with Gasteiger partial charge in [-0.3, -0.25) is 19.7 Å². The number of rotatable bonds is 5. The molecule has 29 heavy (non-hydrogen) atoms. The van der Waals surface area contributed by atoms with Gasteiger partial charge < -0.3 is 14.3 Å². The molecule has 0 bridgehead atoms. The zero-order valence-electron chi connectivity index (χ0n) is 15.4. The van der Waals surface area contributed by atoms with E-state index in [2.05, 4.69) is 5.16 Å². The van der Waals surface area contributed by atoms with Crippen LogP contribution >= 0.6 is 0 Å². The maximum absolute atomic E-state index is 13.1. The summed E-state index contributed by atoms with van der Waals surface area (Å²) in [7, 11) is 2.97. The third-order valence-corrected chi connectivity index (χ3v) is 4.80. The lowest BCUT2D eigenvalue weighted by atomic mass is 9.93. The average molecular weight is 397 g/mol. The molecule has 2 atom stereocenters. The molecule has 2 aromatic carbocycles. The molecular formula is C19H15N3O7. The van der Waals surface area contributed by atoms with Crippen LogP contribution in [0.25, 0.3) is 0 Å². The first-order chi connectivity index (χ1) is 14.0. The lowest BCUT2D eigenvalue weighted by molar-refractivity contribution is -0.384. The molecule has 4 rings (SSSR count). The maximum atomic E-state index is 13.1. The smallest absolute Gasteiger partial charge is 0.278 e. The van der Waals surface area contributed by atoms with Crippen LogP contribution in [0.5, 0.6) is 11.5 Å². The molecule has 2 amide bonds. The van der Waals surface area contributed by atoms with Crippen LogP contribution < -0.4 is 14.4 Å². The lowest BCUT2D eigenvalue weighted by Gasteiger charge is -2.16. The zero-order valence-corrected chi connectivity index (χ0v) is 15.4. The van der Waals surface area contributed by atoms with Gasteiger partial charge in [-0.05, 0) is 18.2 Å². The Balaban J connectivity index is 1.71. The summed E-state index contributed by atoms with van der Waals surface area (Å²) in [5.74, 6) is -1.24. The Morgan fingerprint density at radius 2 is 1.90 bits per heavy atom. The number of imide groups is 1. The quantitative estimate of drug-likeness (QED) is 0.429. The number of nitrogens with zero attached hydrogens (tertiary/aromatic N) is 3. The van der Waals surface area contributed by atoms with E-state index < -0.39 is 28.8 Å². The zero-order chi connectivity index (χ0) is 20.7. The summed E-state index contributed by atoms with van der Waals surface area (Å²) in [5.41, 5.74) is 0.615. The van der Waals surface area contributed by atoms with Crippen molar-refractivity contribution in [2.45, 2.75) is 6.10 Å². The molecule has 0 unspecified atom stereocenters. The number of ether oxygens (including phenoxy) is 2. The van der Waals surface area contributed by atoms with Crippen molar-refractivity contribution in [3.05, 3.63) is 58.1 Å². The van der Waals surface area contributed by atoms with E-state index in [0.717, 1.165) is 4.90 Å². The number of nitro benzene ring substituents is 1. The van der Waals surface area contributed by atoms with Gasteiger partial charge in [0.05, 0.1) is 24.8 Å². The molecule has 0 N–H and O–H groups in total. The van der Waals surface area contributed by atoms with Gasteiger partial charge in [0.1, 0.15) is 23.1 Å². The first kappa shape index (κ1) is 18.4. The molecule has 0 spiro atoms. The first-order valence-corrected chi connectivity index (χ1v) is 8.54. The van der Waals surface area contributed by atoms with E-state index in [9.17, 15) is 19.7 Å². The molecule has 2 heterocycles. The van der Waals surface area contributed by atoms with E-state index >= 15 is 0 Å². The molecule has 10 nitrogen and oxygen atoms in total. The molecule has 0 saturated carbocycles. The van der Waals surface area contributed by atoms with Crippen molar-refractivity contribution >= 4 is 28.9 Å². The fourth-order valence-corrected chi connectivity index (χ4v) is 3.41. The highest BCUT2D eigenvalue weighted by atomic mass is 16.7. The summed E-state index contributed by atoms with van der Waals surface area (Å²) in [6.45, 7) is 0. The standard InChI is InChI=1S/C19H15N3O7/c1-27-12-6-7-13(14(9-12)28-2)16-15-17(29-20-16)19(24)21(18(15)23)10-4-3-5-11(8-10)22(25)26/h3-9,15,17H,1-2H3/t15-,17-/m1/s1. The van der Waals surface area contributed by atoms with Crippen molar-refractivity contribution in [2.75, 3.05) is 19.1 Å². The van der Waals surface area contributed by atoms with Crippen molar-refractivity contribution in [3.8, 4) is 11.5 Å². The number of carbonyl (C=O) groups excluding carboxylic acids is 2. The summed E-state index contributed by atoms with van der Waals surface area (Å²) in [4.78, 5) is 42.5. The van der Waals surface area contributed by atoms with Crippen molar-refractivity contribution in [3.63, 3.8) is 0 Å². The van der Waals surface area contributed by atoms with Crippen molar-refractivity contribution in [1.29, 1.82) is 0 Å². The Kier molecular flexibility index (Phi) is 4.38. The predicted molar refractivity (Wildman–Crippen MR) is 100 cm³/mol. The predicted octanol–water partition coefficient (Wildman–Crippen LogP) is 1.90. The highest BCUT2D eigenvalue weighted by Crippen LogP contribution is 2.38. The van der Waals surface area contributed by atoms with Gasteiger partial charge in [0.25, 0.3) is 11.6 Å². The molecule has 148 valence electrons. The minimum atomic E-state index is -1.14. The van der Waals surface area contributed by atoms with E-state index in [-0.39, 0.29) is 17.1 Å². The van der Waals surface area contributed by atoms with Crippen molar-refractivity contribution in [1.82, 2.24) is 0 Å². The molecule has 2 aromatic rings. The van der Waals surface area contributed by atoms with Gasteiger partial charge in [-0.25, -0.2) is 4.90 Å². The van der Waals surface area contributed by atoms with E-state index in [0.29, 0.717) is 17.1 Å². The van der Waals surface area contributed by atoms with Crippen LogP contribution in [0.4, 0.5) is 11.4 Å². The highest BCUT2D eigenvalue weighted by molar-refractivity contribution is 6.32. The third kappa shape index (κ3) is 2.85. The van der Waals surface area contributed by atoms with Gasteiger partial charge >= 0.3 is 0 Å². The fourth-order valence-electron chi connectivity index (χ4n) is 3.41. The van der Waals surface area contributed by atoms with Crippen molar-refractivity contribution < 1.29 is 28.8 Å². The van der Waals surface area contributed by atoms with Gasteiger partial charge in [-0.1, -0.05) is 11.2 Å². The van der Waals surface area contributed by atoms with Crippen LogP contribution in [0.15, 0.2) is 47.6 Å². The topological polar surface area (TPSA) is 121 Å². The number of anilines is 1. The molecule has 2 aliphatic heterocycles. The minimum absolute atomic E-state index is 0.105. The molecule has 0 radical (unpaired) electrons. The summed E-state index contributed by atoms with van der Waals surface area (Å²) in [5, 5.41) is 15.0. The second-order valence-electron chi connectivity index (χ2n) is 6.34. The van der Waals surface area contributed by atoms with Gasteiger partial charge in [0.15, 0.2) is 0 Å². The van der Waals surface area contributed by atoms with Gasteiger partial charge in [-0.2, -0.15) is 0 Å². The monoisotopic (exact) mass is 397 g/mol. The second kappa shape index (κ2) is 6.89.